The SMILES string of the molecule is CCc1ccc(N[C@H]2NC(=O)/C(=C\c3cc(-c4ccccc4)n(-c4ccc(Cl)cc4)c3-c3ccccc3)S2)cc1. The van der Waals surface area contributed by atoms with Crippen molar-refractivity contribution in [3.05, 3.63) is 136 Å². The molecule has 5 aromatic rings. The third-order valence-corrected chi connectivity index (χ3v) is 8.19. The lowest BCUT2D eigenvalue weighted by Gasteiger charge is -2.15. The van der Waals surface area contributed by atoms with E-state index in [1.165, 1.54) is 17.3 Å². The Hall–Kier alpha value is -4.19. The molecule has 4 nitrogen and oxygen atoms in total. The van der Waals surface area contributed by atoms with Crippen LogP contribution in [0.25, 0.3) is 34.3 Å². The van der Waals surface area contributed by atoms with Crippen LogP contribution in [-0.4, -0.2) is 16.0 Å². The topological polar surface area (TPSA) is 46.1 Å². The lowest BCUT2D eigenvalue weighted by atomic mass is 10.1. The number of anilines is 1. The van der Waals surface area contributed by atoms with Crippen LogP contribution < -0.4 is 10.6 Å². The number of amides is 1. The number of aromatic nitrogens is 1. The molecule has 2 N–H and O–H groups in total. The Morgan fingerprint density at radius 2 is 1.52 bits per heavy atom. The van der Waals surface area contributed by atoms with Gasteiger partial charge in [0.25, 0.3) is 5.91 Å². The second-order valence-electron chi connectivity index (χ2n) is 9.55. The first-order chi connectivity index (χ1) is 19.6. The summed E-state index contributed by atoms with van der Waals surface area (Å²) >= 11 is 7.76. The summed E-state index contributed by atoms with van der Waals surface area (Å²) in [4.78, 5) is 13.8. The van der Waals surface area contributed by atoms with Crippen LogP contribution in [0.15, 0.2) is 120 Å². The molecule has 2 heterocycles. The largest absolute Gasteiger partial charge is 0.357 e. The molecule has 40 heavy (non-hydrogen) atoms. The van der Waals surface area contributed by atoms with E-state index in [2.05, 4.69) is 76.7 Å². The van der Waals surface area contributed by atoms with Gasteiger partial charge in [-0.1, -0.05) is 103 Å². The van der Waals surface area contributed by atoms with Crippen molar-refractivity contribution in [1.82, 2.24) is 9.88 Å². The molecule has 1 aliphatic rings. The van der Waals surface area contributed by atoms with Gasteiger partial charge in [0.2, 0.25) is 0 Å². The maximum Gasteiger partial charge on any atom is 0.260 e. The number of thioether (sulfide) groups is 1. The van der Waals surface area contributed by atoms with Gasteiger partial charge in [-0.3, -0.25) is 4.79 Å². The summed E-state index contributed by atoms with van der Waals surface area (Å²) < 4.78 is 2.25. The Morgan fingerprint density at radius 3 is 2.17 bits per heavy atom. The van der Waals surface area contributed by atoms with Crippen LogP contribution in [0.1, 0.15) is 18.1 Å². The van der Waals surface area contributed by atoms with Gasteiger partial charge in [0.1, 0.15) is 0 Å². The minimum atomic E-state index is -0.252. The highest BCUT2D eigenvalue weighted by Crippen LogP contribution is 2.39. The summed E-state index contributed by atoms with van der Waals surface area (Å²) in [5.74, 6) is -0.0906. The van der Waals surface area contributed by atoms with Crippen LogP contribution in [0.3, 0.4) is 0 Å². The average molecular weight is 562 g/mol. The molecule has 1 atom stereocenters. The summed E-state index contributed by atoms with van der Waals surface area (Å²) in [6, 6.07) is 38.9. The minimum Gasteiger partial charge on any atom is -0.357 e. The maximum atomic E-state index is 13.1. The second-order valence-corrected chi connectivity index (χ2v) is 11.1. The summed E-state index contributed by atoms with van der Waals surface area (Å²) in [6.07, 6.45) is 3.00. The number of carbonyl (C=O) groups excluding carboxylic acids is 1. The van der Waals surface area contributed by atoms with E-state index >= 15 is 0 Å². The third kappa shape index (κ3) is 5.44. The number of hydrogen-bond donors (Lipinski definition) is 2. The van der Waals surface area contributed by atoms with Crippen molar-refractivity contribution < 1.29 is 4.79 Å². The first-order valence-corrected chi connectivity index (χ1v) is 14.5. The van der Waals surface area contributed by atoms with Crippen molar-refractivity contribution >= 4 is 41.0 Å². The Labute approximate surface area is 243 Å². The van der Waals surface area contributed by atoms with Crippen LogP contribution in [0.5, 0.6) is 0 Å². The zero-order valence-electron chi connectivity index (χ0n) is 22.0. The van der Waals surface area contributed by atoms with E-state index in [1.807, 2.05) is 66.7 Å². The molecule has 0 spiro atoms. The van der Waals surface area contributed by atoms with E-state index in [-0.39, 0.29) is 11.4 Å². The van der Waals surface area contributed by atoms with Crippen LogP contribution in [0.2, 0.25) is 5.02 Å². The Balaban J connectivity index is 1.45. The van der Waals surface area contributed by atoms with Gasteiger partial charge >= 0.3 is 0 Å². The second kappa shape index (κ2) is 11.5. The first kappa shape index (κ1) is 26.1. The summed E-state index contributed by atoms with van der Waals surface area (Å²) in [5.41, 5.74) is 8.13. The third-order valence-electron chi connectivity index (χ3n) is 6.91. The predicted octanol–water partition coefficient (Wildman–Crippen LogP) is 8.63. The van der Waals surface area contributed by atoms with Crippen molar-refractivity contribution in [1.29, 1.82) is 0 Å². The van der Waals surface area contributed by atoms with Crippen molar-refractivity contribution in [3.8, 4) is 28.2 Å². The molecule has 1 saturated heterocycles. The van der Waals surface area contributed by atoms with Gasteiger partial charge in [-0.15, -0.1) is 0 Å². The highest BCUT2D eigenvalue weighted by atomic mass is 35.5. The van der Waals surface area contributed by atoms with Crippen molar-refractivity contribution in [2.45, 2.75) is 18.8 Å². The lowest BCUT2D eigenvalue weighted by Crippen LogP contribution is -2.30. The smallest absolute Gasteiger partial charge is 0.260 e. The fourth-order valence-corrected chi connectivity index (χ4v) is 6.01. The van der Waals surface area contributed by atoms with Crippen LogP contribution in [0, 0.1) is 0 Å². The van der Waals surface area contributed by atoms with Gasteiger partial charge in [0.05, 0.1) is 16.3 Å². The van der Waals surface area contributed by atoms with Gasteiger partial charge in [-0.2, -0.15) is 0 Å². The Bertz CT molecular complexity index is 1660. The van der Waals surface area contributed by atoms with Gasteiger partial charge in [-0.05, 0) is 71.7 Å². The molecule has 1 aromatic heterocycles. The van der Waals surface area contributed by atoms with Crippen molar-refractivity contribution in [2.24, 2.45) is 0 Å². The standard InChI is InChI=1S/C34H28ClN3OS/c1-2-23-13-17-28(18-14-23)36-34-37-33(39)31(40-34)22-26-21-30(24-9-5-3-6-10-24)38(29-19-15-27(35)16-20-29)32(26)25-11-7-4-8-12-25/h3-22,34,36H,2H2,1H3,(H,37,39)/b31-22+/t34-/m0/s1. The number of carbonyl (C=O) groups is 1. The zero-order valence-corrected chi connectivity index (χ0v) is 23.5. The number of nitrogens with one attached hydrogen (secondary N) is 2. The lowest BCUT2D eigenvalue weighted by molar-refractivity contribution is -0.116. The summed E-state index contributed by atoms with van der Waals surface area (Å²) in [5, 5.41) is 7.19. The van der Waals surface area contributed by atoms with Crippen LogP contribution >= 0.6 is 23.4 Å². The summed E-state index contributed by atoms with van der Waals surface area (Å²) in [7, 11) is 0. The molecule has 4 aromatic carbocycles. The zero-order chi connectivity index (χ0) is 27.5. The molecular weight excluding hydrogens is 534 g/mol. The molecule has 0 aliphatic carbocycles. The summed E-state index contributed by atoms with van der Waals surface area (Å²) in [6.45, 7) is 2.14. The average Bonchev–Trinajstić information content (AvgIpc) is 3.54. The Kier molecular flexibility index (Phi) is 7.49. The Morgan fingerprint density at radius 1 is 0.875 bits per heavy atom. The molecule has 1 fully saturated rings. The fourth-order valence-electron chi connectivity index (χ4n) is 4.91. The first-order valence-electron chi connectivity index (χ1n) is 13.3. The number of nitrogens with zero attached hydrogens (tertiary/aromatic N) is 1. The van der Waals surface area contributed by atoms with Gasteiger partial charge in [0, 0.05) is 22.0 Å². The number of aryl methyl sites for hydroxylation is 1. The highest BCUT2D eigenvalue weighted by Gasteiger charge is 2.28. The molecule has 198 valence electrons. The van der Waals surface area contributed by atoms with Crippen LogP contribution in [0.4, 0.5) is 5.69 Å². The van der Waals surface area contributed by atoms with E-state index in [9.17, 15) is 4.79 Å². The molecule has 1 amide bonds. The van der Waals surface area contributed by atoms with Crippen LogP contribution in [-0.2, 0) is 11.2 Å². The molecular formula is C34H28ClN3OS. The number of benzene rings is 4. The van der Waals surface area contributed by atoms with E-state index in [1.54, 1.807) is 0 Å². The number of hydrogen-bond acceptors (Lipinski definition) is 3. The van der Waals surface area contributed by atoms with E-state index in [4.69, 9.17) is 11.6 Å². The molecule has 0 radical (unpaired) electrons. The van der Waals surface area contributed by atoms with Gasteiger partial charge in [0.15, 0.2) is 5.50 Å². The molecule has 1 aliphatic heterocycles. The molecule has 0 saturated carbocycles. The predicted molar refractivity (Wildman–Crippen MR) is 169 cm³/mol. The number of halogens is 1. The van der Waals surface area contributed by atoms with Crippen molar-refractivity contribution in [3.63, 3.8) is 0 Å². The quantitative estimate of drug-likeness (QED) is 0.195. The van der Waals surface area contributed by atoms with E-state index in [0.29, 0.717) is 9.93 Å². The minimum absolute atomic E-state index is 0.0906. The van der Waals surface area contributed by atoms with E-state index in [0.717, 1.165) is 45.9 Å². The molecule has 0 unspecified atom stereocenters. The normalized spacial score (nSPS) is 15.8. The monoisotopic (exact) mass is 561 g/mol. The maximum absolute atomic E-state index is 13.1. The highest BCUT2D eigenvalue weighted by molar-refractivity contribution is 8.05. The molecule has 0 bridgehead atoms. The van der Waals surface area contributed by atoms with Gasteiger partial charge in [-0.25, -0.2) is 0 Å². The number of rotatable bonds is 7. The molecule has 6 rings (SSSR count). The van der Waals surface area contributed by atoms with Gasteiger partial charge < -0.3 is 15.2 Å². The fraction of sp³-hybridized carbons (Fsp3) is 0.0882. The van der Waals surface area contributed by atoms with E-state index < -0.39 is 0 Å². The van der Waals surface area contributed by atoms with Crippen molar-refractivity contribution in [2.75, 3.05) is 5.32 Å². The molecule has 6 heteroatoms.